The Balaban J connectivity index is 1.97. The van der Waals surface area contributed by atoms with Gasteiger partial charge in [-0.25, -0.2) is 0 Å². The third-order valence-corrected chi connectivity index (χ3v) is 4.30. The van der Waals surface area contributed by atoms with Crippen LogP contribution in [0.5, 0.6) is 0 Å². The summed E-state index contributed by atoms with van der Waals surface area (Å²) >= 11 is 0. The second kappa shape index (κ2) is 5.68. The SMILES string of the molecule is Cc1cccc(C)c1CNC1CCCCC1C. The Morgan fingerprint density at radius 2 is 1.76 bits per heavy atom. The number of rotatable bonds is 3. The highest BCUT2D eigenvalue weighted by atomic mass is 14.9. The molecule has 2 unspecified atom stereocenters. The average molecular weight is 231 g/mol. The maximum Gasteiger partial charge on any atom is 0.0213 e. The van der Waals surface area contributed by atoms with E-state index in [0.717, 1.165) is 18.5 Å². The van der Waals surface area contributed by atoms with Crippen LogP contribution in [0.4, 0.5) is 0 Å². The third-order valence-electron chi connectivity index (χ3n) is 4.30. The van der Waals surface area contributed by atoms with Crippen LogP contribution < -0.4 is 5.32 Å². The van der Waals surface area contributed by atoms with Gasteiger partial charge in [0.25, 0.3) is 0 Å². The third kappa shape index (κ3) is 3.10. The molecule has 1 N–H and O–H groups in total. The van der Waals surface area contributed by atoms with E-state index in [1.165, 1.54) is 42.4 Å². The maximum atomic E-state index is 3.77. The van der Waals surface area contributed by atoms with Gasteiger partial charge in [0.2, 0.25) is 0 Å². The van der Waals surface area contributed by atoms with E-state index in [0.29, 0.717) is 0 Å². The van der Waals surface area contributed by atoms with Gasteiger partial charge in [0.15, 0.2) is 0 Å². The summed E-state index contributed by atoms with van der Waals surface area (Å²) in [5.74, 6) is 0.841. The Hall–Kier alpha value is -0.820. The van der Waals surface area contributed by atoms with E-state index in [1.54, 1.807) is 0 Å². The monoisotopic (exact) mass is 231 g/mol. The van der Waals surface area contributed by atoms with Gasteiger partial charge >= 0.3 is 0 Å². The molecule has 0 aliphatic heterocycles. The van der Waals surface area contributed by atoms with Gasteiger partial charge in [0.05, 0.1) is 0 Å². The molecule has 1 aromatic carbocycles. The van der Waals surface area contributed by atoms with Crippen LogP contribution in [0.2, 0.25) is 0 Å². The molecule has 1 aromatic rings. The van der Waals surface area contributed by atoms with Crippen LogP contribution >= 0.6 is 0 Å². The van der Waals surface area contributed by atoms with Crippen molar-refractivity contribution in [3.05, 3.63) is 34.9 Å². The predicted molar refractivity (Wildman–Crippen MR) is 74.2 cm³/mol. The molecule has 1 aliphatic rings. The molecule has 1 saturated carbocycles. The first-order valence-electron chi connectivity index (χ1n) is 6.97. The van der Waals surface area contributed by atoms with E-state index in [4.69, 9.17) is 0 Å². The highest BCUT2D eigenvalue weighted by Crippen LogP contribution is 2.24. The van der Waals surface area contributed by atoms with Crippen LogP contribution in [-0.2, 0) is 6.54 Å². The molecule has 2 rings (SSSR count). The number of benzene rings is 1. The molecule has 1 aliphatic carbocycles. The van der Waals surface area contributed by atoms with Crippen LogP contribution in [0.15, 0.2) is 18.2 Å². The highest BCUT2D eigenvalue weighted by molar-refractivity contribution is 5.33. The Kier molecular flexibility index (Phi) is 4.22. The Morgan fingerprint density at radius 3 is 2.41 bits per heavy atom. The minimum Gasteiger partial charge on any atom is -0.310 e. The molecular weight excluding hydrogens is 206 g/mol. The van der Waals surface area contributed by atoms with Crippen molar-refractivity contribution in [3.63, 3.8) is 0 Å². The largest absolute Gasteiger partial charge is 0.310 e. The Morgan fingerprint density at radius 1 is 1.12 bits per heavy atom. The zero-order valence-electron chi connectivity index (χ0n) is 11.4. The lowest BCUT2D eigenvalue weighted by Gasteiger charge is -2.30. The summed E-state index contributed by atoms with van der Waals surface area (Å²) in [6.45, 7) is 7.86. The van der Waals surface area contributed by atoms with Gasteiger partial charge in [-0.05, 0) is 49.3 Å². The molecule has 0 aromatic heterocycles. The Bertz CT molecular complexity index is 350. The van der Waals surface area contributed by atoms with Crippen molar-refractivity contribution in [1.82, 2.24) is 5.32 Å². The normalized spacial score (nSPS) is 24.9. The highest BCUT2D eigenvalue weighted by Gasteiger charge is 2.20. The first-order chi connectivity index (χ1) is 8.18. The van der Waals surface area contributed by atoms with Crippen LogP contribution in [0.25, 0.3) is 0 Å². The van der Waals surface area contributed by atoms with Crippen molar-refractivity contribution in [1.29, 1.82) is 0 Å². The number of nitrogens with one attached hydrogen (secondary N) is 1. The van der Waals surface area contributed by atoms with Gasteiger partial charge in [-0.15, -0.1) is 0 Å². The zero-order valence-corrected chi connectivity index (χ0v) is 11.4. The van der Waals surface area contributed by atoms with Crippen molar-refractivity contribution in [3.8, 4) is 0 Å². The lowest BCUT2D eigenvalue weighted by atomic mass is 9.85. The smallest absolute Gasteiger partial charge is 0.0213 e. The molecular formula is C16H25N. The summed E-state index contributed by atoms with van der Waals surface area (Å²) in [5, 5.41) is 3.77. The number of hydrogen-bond donors (Lipinski definition) is 1. The van der Waals surface area contributed by atoms with E-state index in [1.807, 2.05) is 0 Å². The van der Waals surface area contributed by atoms with Crippen LogP contribution in [0.3, 0.4) is 0 Å². The first-order valence-corrected chi connectivity index (χ1v) is 6.97. The zero-order chi connectivity index (χ0) is 12.3. The van der Waals surface area contributed by atoms with E-state index in [9.17, 15) is 0 Å². The summed E-state index contributed by atoms with van der Waals surface area (Å²) in [5.41, 5.74) is 4.33. The van der Waals surface area contributed by atoms with Crippen molar-refractivity contribution in [2.24, 2.45) is 5.92 Å². The average Bonchev–Trinajstić information content (AvgIpc) is 2.30. The quantitative estimate of drug-likeness (QED) is 0.830. The van der Waals surface area contributed by atoms with Crippen molar-refractivity contribution in [2.75, 3.05) is 0 Å². The van der Waals surface area contributed by atoms with E-state index < -0.39 is 0 Å². The number of hydrogen-bond acceptors (Lipinski definition) is 1. The molecule has 17 heavy (non-hydrogen) atoms. The van der Waals surface area contributed by atoms with Crippen LogP contribution in [0, 0.1) is 19.8 Å². The molecule has 1 heteroatoms. The molecule has 1 nitrogen and oxygen atoms in total. The topological polar surface area (TPSA) is 12.0 Å². The fraction of sp³-hybridized carbons (Fsp3) is 0.625. The second-order valence-corrected chi connectivity index (χ2v) is 5.62. The molecule has 2 atom stereocenters. The van der Waals surface area contributed by atoms with Gasteiger partial charge in [0, 0.05) is 12.6 Å². The lowest BCUT2D eigenvalue weighted by Crippen LogP contribution is -2.37. The fourth-order valence-electron chi connectivity index (χ4n) is 2.98. The summed E-state index contributed by atoms with van der Waals surface area (Å²) in [7, 11) is 0. The van der Waals surface area contributed by atoms with Gasteiger partial charge < -0.3 is 5.32 Å². The summed E-state index contributed by atoms with van der Waals surface area (Å²) in [6, 6.07) is 7.31. The minimum absolute atomic E-state index is 0.725. The predicted octanol–water partition coefficient (Wildman–Crippen LogP) is 3.97. The fourth-order valence-corrected chi connectivity index (χ4v) is 2.98. The molecule has 0 saturated heterocycles. The maximum absolute atomic E-state index is 3.77. The molecule has 0 spiro atoms. The molecule has 0 heterocycles. The van der Waals surface area contributed by atoms with Gasteiger partial charge in [0.1, 0.15) is 0 Å². The van der Waals surface area contributed by atoms with Crippen molar-refractivity contribution < 1.29 is 0 Å². The van der Waals surface area contributed by atoms with Crippen molar-refractivity contribution >= 4 is 0 Å². The van der Waals surface area contributed by atoms with Crippen molar-refractivity contribution in [2.45, 2.75) is 59.0 Å². The molecule has 94 valence electrons. The van der Waals surface area contributed by atoms with Gasteiger partial charge in [-0.1, -0.05) is 38.0 Å². The Labute approximate surface area is 106 Å². The number of aryl methyl sites for hydroxylation is 2. The summed E-state index contributed by atoms with van der Waals surface area (Å²) < 4.78 is 0. The summed E-state index contributed by atoms with van der Waals surface area (Å²) in [6.07, 6.45) is 5.56. The van der Waals surface area contributed by atoms with E-state index in [-0.39, 0.29) is 0 Å². The standard InChI is InChI=1S/C16H25N/c1-12-8-6-9-13(2)15(12)11-17-16-10-5-4-7-14(16)3/h6,8-9,14,16-17H,4-5,7,10-11H2,1-3H3. The van der Waals surface area contributed by atoms with Gasteiger partial charge in [-0.3, -0.25) is 0 Å². The molecule has 0 amide bonds. The molecule has 0 bridgehead atoms. The summed E-state index contributed by atoms with van der Waals surface area (Å²) in [4.78, 5) is 0. The van der Waals surface area contributed by atoms with Crippen LogP contribution in [-0.4, -0.2) is 6.04 Å². The van der Waals surface area contributed by atoms with E-state index >= 15 is 0 Å². The first kappa shape index (κ1) is 12.6. The van der Waals surface area contributed by atoms with Gasteiger partial charge in [-0.2, -0.15) is 0 Å². The second-order valence-electron chi connectivity index (χ2n) is 5.62. The molecule has 0 radical (unpaired) electrons. The minimum atomic E-state index is 0.725. The molecule has 1 fully saturated rings. The van der Waals surface area contributed by atoms with E-state index in [2.05, 4.69) is 44.3 Å². The lowest BCUT2D eigenvalue weighted by molar-refractivity contribution is 0.279. The van der Waals surface area contributed by atoms with Crippen LogP contribution in [0.1, 0.15) is 49.3 Å².